The second-order valence-electron chi connectivity index (χ2n) is 8.81. The van der Waals surface area contributed by atoms with Crippen LogP contribution in [-0.4, -0.2) is 56.9 Å². The lowest BCUT2D eigenvalue weighted by Gasteiger charge is -2.32. The van der Waals surface area contributed by atoms with Crippen LogP contribution in [-0.2, 0) is 6.42 Å². The van der Waals surface area contributed by atoms with E-state index in [1.807, 2.05) is 18.3 Å². The van der Waals surface area contributed by atoms with Crippen molar-refractivity contribution in [1.82, 2.24) is 44.5 Å². The number of alkyl halides is 2. The molecule has 1 aliphatic heterocycles. The summed E-state index contributed by atoms with van der Waals surface area (Å²) in [6.45, 7) is 1.78. The Balaban J connectivity index is 1.38. The maximum absolute atomic E-state index is 13.6. The van der Waals surface area contributed by atoms with Crippen molar-refractivity contribution < 1.29 is 18.0 Å². The minimum Gasteiger partial charge on any atom is -0.411 e. The average Bonchev–Trinajstić information content (AvgIpc) is 3.66. The van der Waals surface area contributed by atoms with Gasteiger partial charge in [0.25, 0.3) is 5.89 Å². The first-order chi connectivity index (χ1) is 17.4. The smallest absolute Gasteiger partial charge is 0.333 e. The Labute approximate surface area is 202 Å². The number of carbonyl (C=O) groups excluding carboxylic acids is 1. The molecule has 1 aliphatic rings. The van der Waals surface area contributed by atoms with Crippen molar-refractivity contribution in [2.45, 2.75) is 38.8 Å². The Kier molecular flexibility index (Phi) is 5.12. The molecule has 6 rings (SSSR count). The summed E-state index contributed by atoms with van der Waals surface area (Å²) in [5.41, 5.74) is 4.41. The first kappa shape index (κ1) is 22.1. The zero-order valence-corrected chi connectivity index (χ0v) is 19.3. The summed E-state index contributed by atoms with van der Waals surface area (Å²) in [5, 5.41) is 16.2. The molecule has 0 fully saturated rings. The fourth-order valence-electron chi connectivity index (χ4n) is 4.57. The van der Waals surface area contributed by atoms with E-state index in [0.29, 0.717) is 29.0 Å². The number of amides is 1. The number of aromatic nitrogens is 8. The fraction of sp³-hybridized carbons (Fsp3) is 0.304. The van der Waals surface area contributed by atoms with Crippen LogP contribution in [0.25, 0.3) is 17.1 Å². The van der Waals surface area contributed by atoms with E-state index in [1.54, 1.807) is 15.7 Å². The first-order valence-corrected chi connectivity index (χ1v) is 11.4. The summed E-state index contributed by atoms with van der Waals surface area (Å²) < 4.78 is 33.6. The Morgan fingerprint density at radius 1 is 1.19 bits per heavy atom. The number of carbonyl (C=O) groups is 1. The van der Waals surface area contributed by atoms with Crippen LogP contribution in [0.4, 0.5) is 8.78 Å². The fourth-order valence-corrected chi connectivity index (χ4v) is 4.57. The number of nitrogens with one attached hydrogen (secondary N) is 1. The van der Waals surface area contributed by atoms with E-state index in [-0.39, 0.29) is 23.4 Å². The third-order valence-electron chi connectivity index (χ3n) is 6.28. The lowest BCUT2D eigenvalue weighted by Crippen LogP contribution is -2.41. The van der Waals surface area contributed by atoms with E-state index in [9.17, 15) is 13.6 Å². The van der Waals surface area contributed by atoms with Crippen LogP contribution in [0, 0.1) is 0 Å². The number of pyridine rings is 1. The largest absolute Gasteiger partial charge is 0.411 e. The van der Waals surface area contributed by atoms with Crippen molar-refractivity contribution in [2.75, 3.05) is 6.54 Å². The van der Waals surface area contributed by atoms with E-state index in [1.165, 1.54) is 6.07 Å². The molecule has 184 valence electrons. The van der Waals surface area contributed by atoms with Crippen LogP contribution in [0.5, 0.6) is 0 Å². The predicted molar refractivity (Wildman–Crippen MR) is 121 cm³/mol. The molecule has 0 spiro atoms. The predicted octanol–water partition coefficient (Wildman–Crippen LogP) is 3.61. The zero-order valence-electron chi connectivity index (χ0n) is 19.3. The summed E-state index contributed by atoms with van der Waals surface area (Å²) in [6.07, 6.45) is 5.13. The zero-order chi connectivity index (χ0) is 25.0. The number of halogens is 2. The molecule has 13 heteroatoms. The molecular formula is C23H21F2N9O2. The number of imidazole rings is 1. The number of hydrogen-bond donors (Lipinski definition) is 1. The highest BCUT2D eigenvalue weighted by molar-refractivity contribution is 5.90. The molecule has 1 N–H and O–H groups in total. The van der Waals surface area contributed by atoms with Crippen LogP contribution < -0.4 is 0 Å². The molecule has 11 nitrogen and oxygen atoms in total. The van der Waals surface area contributed by atoms with Crippen LogP contribution in [0.3, 0.4) is 0 Å². The Morgan fingerprint density at radius 3 is 2.83 bits per heavy atom. The van der Waals surface area contributed by atoms with Crippen molar-refractivity contribution >= 4 is 11.4 Å². The van der Waals surface area contributed by atoms with E-state index in [4.69, 9.17) is 9.52 Å². The lowest BCUT2D eigenvalue weighted by atomic mass is 9.98. The highest BCUT2D eigenvalue weighted by atomic mass is 19.3. The number of fused-ring (bicyclic) bond motifs is 2. The number of hydrogen-bond acceptors (Lipinski definition) is 7. The number of aromatic amines is 1. The quantitative estimate of drug-likeness (QED) is 0.397. The minimum absolute atomic E-state index is 0.0493. The third kappa shape index (κ3) is 3.54. The summed E-state index contributed by atoms with van der Waals surface area (Å²) in [5.74, 6) is -0.622. The van der Waals surface area contributed by atoms with Crippen LogP contribution >= 0.6 is 0 Å². The normalized spacial score (nSPS) is 15.8. The molecule has 0 aliphatic carbocycles. The Hall–Kier alpha value is -4.42. The topological polar surface area (TPSA) is 123 Å². The molecule has 0 saturated heterocycles. The third-order valence-corrected chi connectivity index (χ3v) is 6.28. The number of rotatable bonds is 5. The molecule has 1 atom stereocenters. The molecular weight excluding hydrogens is 472 g/mol. The van der Waals surface area contributed by atoms with Crippen LogP contribution in [0.1, 0.15) is 65.7 Å². The van der Waals surface area contributed by atoms with Gasteiger partial charge in [0.15, 0.2) is 0 Å². The molecule has 0 bridgehead atoms. The SMILES string of the molecule is CC(C)c1cccn2nc([C@H]3c4nc[nH]c4CCN3C(=O)c3nnc(-c4ccn(C(F)F)n4)o3)cc12. The minimum atomic E-state index is -2.80. The molecule has 6 heterocycles. The van der Waals surface area contributed by atoms with E-state index in [2.05, 4.69) is 45.2 Å². The number of H-pyrrole nitrogens is 1. The van der Waals surface area contributed by atoms with Gasteiger partial charge in [0, 0.05) is 31.1 Å². The molecule has 36 heavy (non-hydrogen) atoms. The van der Waals surface area contributed by atoms with Gasteiger partial charge in [-0.1, -0.05) is 19.9 Å². The van der Waals surface area contributed by atoms with Crippen molar-refractivity contribution in [3.8, 4) is 11.6 Å². The lowest BCUT2D eigenvalue weighted by molar-refractivity contribution is 0.0566. The highest BCUT2D eigenvalue weighted by Gasteiger charge is 2.38. The molecule has 0 aromatic carbocycles. The first-order valence-electron chi connectivity index (χ1n) is 11.4. The average molecular weight is 493 g/mol. The number of nitrogens with zero attached hydrogens (tertiary/aromatic N) is 8. The van der Waals surface area contributed by atoms with Gasteiger partial charge in [0.1, 0.15) is 11.7 Å². The second kappa shape index (κ2) is 8.36. The maximum atomic E-state index is 13.6. The molecule has 5 aromatic heterocycles. The Bertz CT molecular complexity index is 1560. The van der Waals surface area contributed by atoms with Crippen molar-refractivity contribution in [3.05, 3.63) is 71.5 Å². The van der Waals surface area contributed by atoms with Gasteiger partial charge in [0.05, 0.1) is 23.2 Å². The van der Waals surface area contributed by atoms with Gasteiger partial charge in [-0.2, -0.15) is 19.0 Å². The van der Waals surface area contributed by atoms with Gasteiger partial charge in [-0.3, -0.25) is 4.79 Å². The monoisotopic (exact) mass is 493 g/mol. The van der Waals surface area contributed by atoms with Crippen molar-refractivity contribution in [1.29, 1.82) is 0 Å². The molecule has 0 saturated carbocycles. The van der Waals surface area contributed by atoms with Gasteiger partial charge < -0.3 is 14.3 Å². The molecule has 0 unspecified atom stereocenters. The molecule has 1 amide bonds. The van der Waals surface area contributed by atoms with Gasteiger partial charge in [-0.05, 0) is 29.7 Å². The summed E-state index contributed by atoms with van der Waals surface area (Å²) in [4.78, 5) is 22.8. The van der Waals surface area contributed by atoms with Crippen LogP contribution in [0.15, 0.2) is 47.4 Å². The summed E-state index contributed by atoms with van der Waals surface area (Å²) in [7, 11) is 0. The van der Waals surface area contributed by atoms with Crippen molar-refractivity contribution in [3.63, 3.8) is 0 Å². The maximum Gasteiger partial charge on any atom is 0.333 e. The van der Waals surface area contributed by atoms with Gasteiger partial charge in [-0.25, -0.2) is 14.2 Å². The van der Waals surface area contributed by atoms with Gasteiger partial charge in [-0.15, -0.1) is 10.2 Å². The van der Waals surface area contributed by atoms with E-state index in [0.717, 1.165) is 23.0 Å². The van der Waals surface area contributed by atoms with E-state index < -0.39 is 18.5 Å². The summed E-state index contributed by atoms with van der Waals surface area (Å²) in [6, 6.07) is 6.71. The highest BCUT2D eigenvalue weighted by Crippen LogP contribution is 2.35. The second-order valence-corrected chi connectivity index (χ2v) is 8.81. The standard InChI is InChI=1S/C23H21F2N9O2/c1-12(2)13-4-3-7-33-17(13)10-16(31-33)19-18-14(26-11-27-18)5-8-32(19)22(35)21-29-28-20(36-21)15-6-9-34(30-15)23(24)25/h3-4,6-7,9-12,19,23H,5,8H2,1-2H3,(H,26,27)/t19-/m0/s1. The Morgan fingerprint density at radius 2 is 2.06 bits per heavy atom. The molecule has 0 radical (unpaired) electrons. The van der Waals surface area contributed by atoms with Gasteiger partial charge in [0.2, 0.25) is 0 Å². The van der Waals surface area contributed by atoms with Crippen LogP contribution in [0.2, 0.25) is 0 Å². The summed E-state index contributed by atoms with van der Waals surface area (Å²) >= 11 is 0. The molecule has 5 aromatic rings. The van der Waals surface area contributed by atoms with Gasteiger partial charge >= 0.3 is 18.3 Å². The van der Waals surface area contributed by atoms with E-state index >= 15 is 0 Å². The van der Waals surface area contributed by atoms with Crippen molar-refractivity contribution in [2.24, 2.45) is 0 Å².